The first-order valence-electron chi connectivity index (χ1n) is 7.73. The van der Waals surface area contributed by atoms with Crippen LogP contribution in [-0.4, -0.2) is 9.97 Å². The van der Waals surface area contributed by atoms with Gasteiger partial charge in [0.15, 0.2) is 5.16 Å². The molecule has 0 saturated heterocycles. The highest BCUT2D eigenvalue weighted by atomic mass is 32.2. The van der Waals surface area contributed by atoms with Gasteiger partial charge in [-0.15, -0.1) is 0 Å². The number of benzene rings is 2. The second kappa shape index (κ2) is 7.93. The maximum atomic E-state index is 13.4. The number of aromatic nitrogens is 2. The van der Waals surface area contributed by atoms with Crippen molar-refractivity contribution in [2.24, 2.45) is 0 Å². The Bertz CT molecular complexity index is 968. The second-order valence-electron chi connectivity index (χ2n) is 5.55. The molecule has 2 N–H and O–H groups in total. The van der Waals surface area contributed by atoms with Crippen LogP contribution in [0.25, 0.3) is 0 Å². The standard InChI is InChI=1S/C19H14F2N4S/c20-14-6-4-12(5-7-14)11-26-19-24-17(16(10-22)18(23)25-19)9-13-2-1-3-15(21)8-13/h1-8H,9,11H2,(H2,23,24,25). The molecule has 0 atom stereocenters. The summed E-state index contributed by atoms with van der Waals surface area (Å²) in [6, 6.07) is 14.3. The van der Waals surface area contributed by atoms with Crippen molar-refractivity contribution in [3.8, 4) is 6.07 Å². The van der Waals surface area contributed by atoms with Crippen LogP contribution in [0.3, 0.4) is 0 Å². The Labute approximate surface area is 153 Å². The fraction of sp³-hybridized carbons (Fsp3) is 0.105. The Morgan fingerprint density at radius 2 is 1.77 bits per heavy atom. The van der Waals surface area contributed by atoms with E-state index in [2.05, 4.69) is 9.97 Å². The molecule has 3 rings (SSSR count). The van der Waals surface area contributed by atoms with Crippen molar-refractivity contribution in [2.45, 2.75) is 17.3 Å². The van der Waals surface area contributed by atoms with Crippen LogP contribution in [-0.2, 0) is 12.2 Å². The molecule has 7 heteroatoms. The average molecular weight is 368 g/mol. The normalized spacial score (nSPS) is 10.5. The van der Waals surface area contributed by atoms with Crippen LogP contribution in [0.15, 0.2) is 53.7 Å². The van der Waals surface area contributed by atoms with Gasteiger partial charge in [0.25, 0.3) is 0 Å². The number of anilines is 1. The molecule has 0 fully saturated rings. The molecular weight excluding hydrogens is 354 g/mol. The van der Waals surface area contributed by atoms with E-state index in [1.807, 2.05) is 6.07 Å². The van der Waals surface area contributed by atoms with Gasteiger partial charge in [0.05, 0.1) is 5.69 Å². The summed E-state index contributed by atoms with van der Waals surface area (Å²) in [5.74, 6) is -0.0233. The minimum absolute atomic E-state index is 0.0931. The number of halogens is 2. The van der Waals surface area contributed by atoms with Crippen LogP contribution in [0.1, 0.15) is 22.4 Å². The van der Waals surface area contributed by atoms with E-state index in [9.17, 15) is 14.0 Å². The summed E-state index contributed by atoms with van der Waals surface area (Å²) >= 11 is 1.33. The lowest BCUT2D eigenvalue weighted by Crippen LogP contribution is -2.06. The summed E-state index contributed by atoms with van der Waals surface area (Å²) in [6.45, 7) is 0. The smallest absolute Gasteiger partial charge is 0.190 e. The number of hydrogen-bond acceptors (Lipinski definition) is 5. The van der Waals surface area contributed by atoms with Crippen molar-refractivity contribution in [1.29, 1.82) is 5.26 Å². The van der Waals surface area contributed by atoms with Crippen LogP contribution in [0.5, 0.6) is 0 Å². The number of rotatable bonds is 5. The lowest BCUT2D eigenvalue weighted by molar-refractivity contribution is 0.625. The minimum Gasteiger partial charge on any atom is -0.382 e. The van der Waals surface area contributed by atoms with E-state index >= 15 is 0 Å². The quantitative estimate of drug-likeness (QED) is 0.542. The molecule has 2 aromatic carbocycles. The van der Waals surface area contributed by atoms with Gasteiger partial charge in [0, 0.05) is 12.2 Å². The molecule has 1 aromatic heterocycles. The number of nitriles is 1. The zero-order chi connectivity index (χ0) is 18.5. The number of nitrogens with two attached hydrogens (primary N) is 1. The molecule has 1 heterocycles. The van der Waals surface area contributed by atoms with Crippen molar-refractivity contribution >= 4 is 17.6 Å². The van der Waals surface area contributed by atoms with E-state index in [0.717, 1.165) is 5.56 Å². The fourth-order valence-corrected chi connectivity index (χ4v) is 3.21. The molecule has 0 bridgehead atoms. The predicted molar refractivity (Wildman–Crippen MR) is 96.3 cm³/mol. The highest BCUT2D eigenvalue weighted by Crippen LogP contribution is 2.24. The maximum Gasteiger partial charge on any atom is 0.190 e. The van der Waals surface area contributed by atoms with Gasteiger partial charge in [-0.2, -0.15) is 5.26 Å². The predicted octanol–water partition coefficient (Wildman–Crippen LogP) is 4.09. The third kappa shape index (κ3) is 4.35. The van der Waals surface area contributed by atoms with Gasteiger partial charge in [-0.3, -0.25) is 0 Å². The van der Waals surface area contributed by atoms with Gasteiger partial charge in [0.2, 0.25) is 0 Å². The van der Waals surface area contributed by atoms with Crippen LogP contribution >= 0.6 is 11.8 Å². The van der Waals surface area contributed by atoms with Crippen molar-refractivity contribution in [2.75, 3.05) is 5.73 Å². The van der Waals surface area contributed by atoms with E-state index in [1.54, 1.807) is 24.3 Å². The summed E-state index contributed by atoms with van der Waals surface area (Å²) in [5.41, 5.74) is 8.14. The monoisotopic (exact) mass is 368 g/mol. The Hall–Kier alpha value is -2.98. The minimum atomic E-state index is -0.353. The molecular formula is C19H14F2N4S. The van der Waals surface area contributed by atoms with E-state index in [-0.39, 0.29) is 29.4 Å². The first kappa shape index (κ1) is 17.8. The lowest BCUT2D eigenvalue weighted by atomic mass is 10.1. The maximum absolute atomic E-state index is 13.4. The number of nitrogens with zero attached hydrogens (tertiary/aromatic N) is 3. The van der Waals surface area contributed by atoms with Gasteiger partial charge >= 0.3 is 0 Å². The Balaban J connectivity index is 1.84. The van der Waals surface area contributed by atoms with E-state index < -0.39 is 0 Å². The number of hydrogen-bond donors (Lipinski definition) is 1. The summed E-state index contributed by atoms with van der Waals surface area (Å²) in [6.07, 6.45) is 0.275. The zero-order valence-electron chi connectivity index (χ0n) is 13.6. The topological polar surface area (TPSA) is 75.6 Å². The zero-order valence-corrected chi connectivity index (χ0v) is 14.4. The summed E-state index contributed by atoms with van der Waals surface area (Å²) in [7, 11) is 0. The van der Waals surface area contributed by atoms with E-state index in [0.29, 0.717) is 22.2 Å². The van der Waals surface area contributed by atoms with Gasteiger partial charge in [0.1, 0.15) is 29.1 Å². The van der Waals surface area contributed by atoms with Gasteiger partial charge in [-0.1, -0.05) is 36.0 Å². The Kier molecular flexibility index (Phi) is 5.44. The molecule has 0 amide bonds. The molecule has 130 valence electrons. The van der Waals surface area contributed by atoms with Gasteiger partial charge in [-0.05, 0) is 35.4 Å². The molecule has 26 heavy (non-hydrogen) atoms. The van der Waals surface area contributed by atoms with E-state index in [4.69, 9.17) is 5.73 Å². The fourth-order valence-electron chi connectivity index (χ4n) is 2.39. The van der Waals surface area contributed by atoms with Crippen LogP contribution in [0, 0.1) is 23.0 Å². The molecule has 3 aromatic rings. The number of nitrogen functional groups attached to an aromatic ring is 1. The molecule has 0 radical (unpaired) electrons. The molecule has 0 saturated carbocycles. The first-order chi connectivity index (χ1) is 12.5. The molecule has 0 aliphatic carbocycles. The molecule has 0 unspecified atom stereocenters. The first-order valence-corrected chi connectivity index (χ1v) is 8.72. The summed E-state index contributed by atoms with van der Waals surface area (Å²) in [4.78, 5) is 8.57. The Morgan fingerprint density at radius 1 is 1.00 bits per heavy atom. The molecule has 0 aliphatic heterocycles. The van der Waals surface area contributed by atoms with Crippen LogP contribution in [0.4, 0.5) is 14.6 Å². The molecule has 4 nitrogen and oxygen atoms in total. The van der Waals surface area contributed by atoms with Crippen LogP contribution < -0.4 is 5.73 Å². The summed E-state index contributed by atoms with van der Waals surface area (Å²) < 4.78 is 26.4. The van der Waals surface area contributed by atoms with E-state index in [1.165, 1.54) is 36.0 Å². The van der Waals surface area contributed by atoms with Crippen molar-refractivity contribution in [3.05, 3.63) is 82.5 Å². The average Bonchev–Trinajstić information content (AvgIpc) is 2.61. The van der Waals surface area contributed by atoms with Crippen molar-refractivity contribution < 1.29 is 8.78 Å². The molecule has 0 aliphatic rings. The third-order valence-corrected chi connectivity index (χ3v) is 4.56. The Morgan fingerprint density at radius 3 is 2.46 bits per heavy atom. The highest BCUT2D eigenvalue weighted by molar-refractivity contribution is 7.98. The SMILES string of the molecule is N#Cc1c(N)nc(SCc2ccc(F)cc2)nc1Cc1cccc(F)c1. The molecule has 0 spiro atoms. The largest absolute Gasteiger partial charge is 0.382 e. The van der Waals surface area contributed by atoms with Crippen molar-refractivity contribution in [1.82, 2.24) is 9.97 Å². The number of thioether (sulfide) groups is 1. The summed E-state index contributed by atoms with van der Waals surface area (Å²) in [5, 5.41) is 9.74. The highest BCUT2D eigenvalue weighted by Gasteiger charge is 2.14. The van der Waals surface area contributed by atoms with Crippen LogP contribution in [0.2, 0.25) is 0 Å². The van der Waals surface area contributed by atoms with Gasteiger partial charge < -0.3 is 5.73 Å². The third-order valence-electron chi connectivity index (χ3n) is 3.65. The van der Waals surface area contributed by atoms with Gasteiger partial charge in [-0.25, -0.2) is 18.7 Å². The van der Waals surface area contributed by atoms with Crippen molar-refractivity contribution in [3.63, 3.8) is 0 Å². The second-order valence-corrected chi connectivity index (χ2v) is 6.49. The lowest BCUT2D eigenvalue weighted by Gasteiger charge is -2.09.